The average Bonchev–Trinajstić information content (AvgIpc) is 2.45. The van der Waals surface area contributed by atoms with E-state index in [1.807, 2.05) is 0 Å². The molecule has 0 unspecified atom stereocenters. The predicted molar refractivity (Wildman–Crippen MR) is 79.6 cm³/mol. The van der Waals surface area contributed by atoms with Crippen LogP contribution in [0.5, 0.6) is 0 Å². The number of thiocarbonyl (C=S) groups is 1. The maximum Gasteiger partial charge on any atom is 0.419 e. The third kappa shape index (κ3) is 3.13. The van der Waals surface area contributed by atoms with Gasteiger partial charge in [0, 0.05) is 18.8 Å². The number of halogens is 3. The van der Waals surface area contributed by atoms with Crippen LogP contribution in [0.25, 0.3) is 0 Å². The fourth-order valence-electron chi connectivity index (χ4n) is 1.97. The van der Waals surface area contributed by atoms with Gasteiger partial charge in [-0.3, -0.25) is 0 Å². The standard InChI is InChI=1S/C14H12F3N3S/c1-20(11-7-3-2-5-9(11)12(18)21)13-10(14(15,16)17)6-4-8-19-13/h2-8H,1H3,(H2,18,21). The highest BCUT2D eigenvalue weighted by molar-refractivity contribution is 7.80. The first kappa shape index (κ1) is 15.2. The molecule has 0 saturated heterocycles. The summed E-state index contributed by atoms with van der Waals surface area (Å²) in [5, 5.41) is 0. The fraction of sp³-hybridized carbons (Fsp3) is 0.143. The van der Waals surface area contributed by atoms with Crippen LogP contribution >= 0.6 is 12.2 Å². The maximum atomic E-state index is 13.1. The lowest BCUT2D eigenvalue weighted by atomic mass is 10.1. The number of aromatic nitrogens is 1. The number of pyridine rings is 1. The highest BCUT2D eigenvalue weighted by Crippen LogP contribution is 2.37. The van der Waals surface area contributed by atoms with Crippen molar-refractivity contribution in [2.75, 3.05) is 11.9 Å². The van der Waals surface area contributed by atoms with Gasteiger partial charge in [-0.15, -0.1) is 0 Å². The van der Waals surface area contributed by atoms with Gasteiger partial charge in [-0.25, -0.2) is 4.98 Å². The van der Waals surface area contributed by atoms with Crippen molar-refractivity contribution < 1.29 is 13.2 Å². The number of nitrogens with two attached hydrogens (primary N) is 1. The number of hydrogen-bond donors (Lipinski definition) is 1. The zero-order valence-corrected chi connectivity index (χ0v) is 11.9. The van der Waals surface area contributed by atoms with E-state index < -0.39 is 11.7 Å². The fourth-order valence-corrected chi connectivity index (χ4v) is 2.15. The Labute approximate surface area is 125 Å². The van der Waals surface area contributed by atoms with Gasteiger partial charge in [0.15, 0.2) is 0 Å². The summed E-state index contributed by atoms with van der Waals surface area (Å²) in [6.45, 7) is 0. The summed E-state index contributed by atoms with van der Waals surface area (Å²) >= 11 is 4.93. The van der Waals surface area contributed by atoms with Crippen molar-refractivity contribution in [1.29, 1.82) is 0 Å². The molecule has 1 aromatic carbocycles. The summed E-state index contributed by atoms with van der Waals surface area (Å²) in [7, 11) is 1.49. The Balaban J connectivity index is 2.56. The van der Waals surface area contributed by atoms with Crippen LogP contribution in [0.15, 0.2) is 42.6 Å². The van der Waals surface area contributed by atoms with Gasteiger partial charge in [-0.05, 0) is 24.3 Å². The summed E-state index contributed by atoms with van der Waals surface area (Å²) in [6, 6.07) is 8.95. The van der Waals surface area contributed by atoms with Crippen molar-refractivity contribution in [3.05, 3.63) is 53.7 Å². The SMILES string of the molecule is CN(c1ccccc1C(N)=S)c1ncccc1C(F)(F)F. The number of hydrogen-bond acceptors (Lipinski definition) is 3. The molecule has 0 aliphatic rings. The molecule has 0 aliphatic heterocycles. The summed E-state index contributed by atoms with van der Waals surface area (Å²) in [6.07, 6.45) is -3.18. The molecule has 7 heteroatoms. The molecule has 110 valence electrons. The number of nitrogens with zero attached hydrogens (tertiary/aromatic N) is 2. The molecule has 2 aromatic rings. The van der Waals surface area contributed by atoms with E-state index in [4.69, 9.17) is 18.0 Å². The van der Waals surface area contributed by atoms with Crippen molar-refractivity contribution in [1.82, 2.24) is 4.98 Å². The van der Waals surface area contributed by atoms with Gasteiger partial charge >= 0.3 is 6.18 Å². The molecule has 0 bridgehead atoms. The normalized spacial score (nSPS) is 11.2. The molecule has 1 heterocycles. The Hall–Kier alpha value is -2.15. The molecule has 0 radical (unpaired) electrons. The largest absolute Gasteiger partial charge is 0.419 e. The minimum absolute atomic E-state index is 0.113. The minimum atomic E-state index is -4.49. The van der Waals surface area contributed by atoms with E-state index in [9.17, 15) is 13.2 Å². The van der Waals surface area contributed by atoms with E-state index >= 15 is 0 Å². The van der Waals surface area contributed by atoms with Crippen molar-refractivity contribution in [3.8, 4) is 0 Å². The third-order valence-electron chi connectivity index (χ3n) is 2.94. The van der Waals surface area contributed by atoms with Crippen LogP contribution in [0.4, 0.5) is 24.7 Å². The van der Waals surface area contributed by atoms with E-state index in [0.29, 0.717) is 11.3 Å². The first-order chi connectivity index (χ1) is 9.82. The molecule has 0 aliphatic carbocycles. The van der Waals surface area contributed by atoms with Gasteiger partial charge < -0.3 is 10.6 Å². The molecule has 0 atom stereocenters. The molecule has 3 nitrogen and oxygen atoms in total. The summed E-state index contributed by atoms with van der Waals surface area (Å²) in [4.78, 5) is 5.29. The Morgan fingerprint density at radius 1 is 1.19 bits per heavy atom. The van der Waals surface area contributed by atoms with Gasteiger partial charge in [0.1, 0.15) is 10.8 Å². The second-order valence-corrected chi connectivity index (χ2v) is 4.75. The third-order valence-corrected chi connectivity index (χ3v) is 3.16. The molecule has 21 heavy (non-hydrogen) atoms. The van der Waals surface area contributed by atoms with Crippen LogP contribution in [0.2, 0.25) is 0 Å². The van der Waals surface area contributed by atoms with Crippen LogP contribution in [0, 0.1) is 0 Å². The van der Waals surface area contributed by atoms with Gasteiger partial charge in [-0.1, -0.05) is 24.4 Å². The van der Waals surface area contributed by atoms with Gasteiger partial charge in [0.25, 0.3) is 0 Å². The molecule has 1 aromatic heterocycles. The first-order valence-corrected chi connectivity index (χ1v) is 6.38. The van der Waals surface area contributed by atoms with E-state index in [1.165, 1.54) is 24.2 Å². The van der Waals surface area contributed by atoms with Gasteiger partial charge in [-0.2, -0.15) is 13.2 Å². The minimum Gasteiger partial charge on any atom is -0.389 e. The topological polar surface area (TPSA) is 42.1 Å². The highest BCUT2D eigenvalue weighted by atomic mass is 32.1. The van der Waals surface area contributed by atoms with Crippen LogP contribution < -0.4 is 10.6 Å². The molecule has 0 spiro atoms. The van der Waals surface area contributed by atoms with Crippen molar-refractivity contribution in [2.45, 2.75) is 6.18 Å². The van der Waals surface area contributed by atoms with E-state index in [2.05, 4.69) is 4.98 Å². The number of rotatable bonds is 3. The highest BCUT2D eigenvalue weighted by Gasteiger charge is 2.35. The van der Waals surface area contributed by atoms with Crippen LogP contribution in [-0.2, 0) is 6.18 Å². The lowest BCUT2D eigenvalue weighted by Gasteiger charge is -2.24. The van der Waals surface area contributed by atoms with Crippen molar-refractivity contribution in [3.63, 3.8) is 0 Å². The van der Waals surface area contributed by atoms with Crippen LogP contribution in [-0.4, -0.2) is 17.0 Å². The van der Waals surface area contributed by atoms with Crippen LogP contribution in [0.1, 0.15) is 11.1 Å². The van der Waals surface area contributed by atoms with Gasteiger partial charge in [0.2, 0.25) is 0 Å². The van der Waals surface area contributed by atoms with E-state index in [-0.39, 0.29) is 10.8 Å². The summed E-state index contributed by atoms with van der Waals surface area (Å²) in [5.41, 5.74) is 5.76. The lowest BCUT2D eigenvalue weighted by molar-refractivity contribution is -0.137. The first-order valence-electron chi connectivity index (χ1n) is 5.97. The zero-order valence-electron chi connectivity index (χ0n) is 11.1. The second-order valence-electron chi connectivity index (χ2n) is 4.31. The smallest absolute Gasteiger partial charge is 0.389 e. The number of para-hydroxylation sites is 1. The molecule has 2 N–H and O–H groups in total. The molecule has 0 amide bonds. The van der Waals surface area contributed by atoms with E-state index in [1.54, 1.807) is 24.3 Å². The molecular weight excluding hydrogens is 299 g/mol. The monoisotopic (exact) mass is 311 g/mol. The van der Waals surface area contributed by atoms with Gasteiger partial charge in [0.05, 0.1) is 11.3 Å². The Morgan fingerprint density at radius 2 is 1.86 bits per heavy atom. The number of alkyl halides is 3. The van der Waals surface area contributed by atoms with Crippen molar-refractivity contribution in [2.24, 2.45) is 5.73 Å². The average molecular weight is 311 g/mol. The van der Waals surface area contributed by atoms with Crippen molar-refractivity contribution >= 4 is 28.7 Å². The summed E-state index contributed by atoms with van der Waals surface area (Å²) < 4.78 is 39.2. The Morgan fingerprint density at radius 3 is 2.48 bits per heavy atom. The summed E-state index contributed by atoms with van der Waals surface area (Å²) in [5.74, 6) is -0.200. The van der Waals surface area contributed by atoms with E-state index in [0.717, 1.165) is 6.07 Å². The molecule has 0 fully saturated rings. The molecular formula is C14H12F3N3S. The quantitative estimate of drug-likeness (QED) is 0.881. The molecule has 0 saturated carbocycles. The number of benzene rings is 1. The second kappa shape index (κ2) is 5.69. The maximum absolute atomic E-state index is 13.1. The zero-order chi connectivity index (χ0) is 15.6. The predicted octanol–water partition coefficient (Wildman–Crippen LogP) is 3.50. The molecule has 2 rings (SSSR count). The number of anilines is 2. The Kier molecular flexibility index (Phi) is 4.13. The lowest BCUT2D eigenvalue weighted by Crippen LogP contribution is -2.21. The van der Waals surface area contributed by atoms with Crippen LogP contribution in [0.3, 0.4) is 0 Å². The Bertz CT molecular complexity index is 671.